The SMILES string of the molecule is CCOC1CCC(C(=O)Oc2ccc(/C=C/C(=O)C(O)C(Cc3ccc(N)cc3)(Cc3ccc(N)cc3)C(O)C(=O)/C=C/c3ccc(OC(=O)C4CCC(OCC)CC4)cc3)cc2)CC1. The second-order valence-electron chi connectivity index (χ2n) is 17.2. The van der Waals surface area contributed by atoms with Crippen molar-refractivity contribution in [1.82, 2.24) is 0 Å². The van der Waals surface area contributed by atoms with Gasteiger partial charge in [0.25, 0.3) is 0 Å². The molecule has 2 atom stereocenters. The van der Waals surface area contributed by atoms with E-state index in [2.05, 4.69) is 0 Å². The van der Waals surface area contributed by atoms with Crippen LogP contribution in [0.25, 0.3) is 12.2 Å². The molecule has 0 bridgehead atoms. The van der Waals surface area contributed by atoms with Crippen LogP contribution in [-0.2, 0) is 41.5 Å². The van der Waals surface area contributed by atoms with Crippen LogP contribution in [0.2, 0.25) is 0 Å². The quantitative estimate of drug-likeness (QED) is 0.0290. The molecule has 0 aliphatic heterocycles. The zero-order valence-corrected chi connectivity index (χ0v) is 37.3. The maximum Gasteiger partial charge on any atom is 0.314 e. The van der Waals surface area contributed by atoms with Gasteiger partial charge in [0.2, 0.25) is 0 Å². The lowest BCUT2D eigenvalue weighted by Crippen LogP contribution is -2.54. The lowest BCUT2D eigenvalue weighted by atomic mass is 9.66. The van der Waals surface area contributed by atoms with E-state index >= 15 is 0 Å². The van der Waals surface area contributed by atoms with Crippen LogP contribution in [0, 0.1) is 17.3 Å². The van der Waals surface area contributed by atoms with Crippen molar-refractivity contribution < 1.29 is 48.3 Å². The number of esters is 2. The number of anilines is 2. The Morgan fingerprint density at radius 2 is 0.892 bits per heavy atom. The van der Waals surface area contributed by atoms with Crippen LogP contribution in [-0.4, -0.2) is 71.3 Å². The second kappa shape index (κ2) is 23.3. The Kier molecular flexibility index (Phi) is 17.4. The van der Waals surface area contributed by atoms with Crippen molar-refractivity contribution in [3.63, 3.8) is 0 Å². The average Bonchev–Trinajstić information content (AvgIpc) is 3.32. The van der Waals surface area contributed by atoms with Crippen LogP contribution in [0.5, 0.6) is 11.5 Å². The van der Waals surface area contributed by atoms with Crippen molar-refractivity contribution >= 4 is 47.0 Å². The van der Waals surface area contributed by atoms with Gasteiger partial charge in [0, 0.05) is 30.0 Å². The predicted molar refractivity (Wildman–Crippen MR) is 251 cm³/mol. The second-order valence-corrected chi connectivity index (χ2v) is 17.2. The van der Waals surface area contributed by atoms with Crippen LogP contribution in [0.3, 0.4) is 0 Å². The molecule has 2 unspecified atom stereocenters. The molecule has 0 saturated heterocycles. The number of ketones is 2. The molecular formula is C53H62N2O10. The number of carbonyl (C=O) groups is 4. The number of hydrogen-bond donors (Lipinski definition) is 4. The summed E-state index contributed by atoms with van der Waals surface area (Å²) in [5, 5.41) is 24.4. The van der Waals surface area contributed by atoms with Gasteiger partial charge < -0.3 is 40.6 Å². The number of aliphatic hydroxyl groups excluding tert-OH is 2. The molecule has 0 amide bonds. The molecule has 12 heteroatoms. The smallest absolute Gasteiger partial charge is 0.314 e. The minimum Gasteiger partial charge on any atom is -0.426 e. The summed E-state index contributed by atoms with van der Waals surface area (Å²) in [6.07, 6.45) is 7.98. The molecule has 12 nitrogen and oxygen atoms in total. The summed E-state index contributed by atoms with van der Waals surface area (Å²) in [6, 6.07) is 26.9. The van der Waals surface area contributed by atoms with Crippen molar-refractivity contribution in [1.29, 1.82) is 0 Å². The van der Waals surface area contributed by atoms with E-state index in [1.54, 1.807) is 97.1 Å². The molecule has 2 aliphatic rings. The molecule has 0 aromatic heterocycles. The summed E-state index contributed by atoms with van der Waals surface area (Å²) >= 11 is 0. The number of ether oxygens (including phenoxy) is 4. The van der Waals surface area contributed by atoms with E-state index in [1.807, 2.05) is 13.8 Å². The van der Waals surface area contributed by atoms with Gasteiger partial charge in [-0.3, -0.25) is 19.2 Å². The molecular weight excluding hydrogens is 825 g/mol. The fraction of sp³-hybridized carbons (Fsp3) is 0.396. The Morgan fingerprint density at radius 1 is 0.554 bits per heavy atom. The van der Waals surface area contributed by atoms with Gasteiger partial charge >= 0.3 is 11.9 Å². The molecule has 2 saturated carbocycles. The van der Waals surface area contributed by atoms with E-state index in [9.17, 15) is 29.4 Å². The van der Waals surface area contributed by atoms with E-state index in [0.29, 0.717) is 84.0 Å². The summed E-state index contributed by atoms with van der Waals surface area (Å²) < 4.78 is 22.8. The summed E-state index contributed by atoms with van der Waals surface area (Å²) in [5.74, 6) is -1.70. The maximum absolute atomic E-state index is 14.1. The number of nitrogens with two attached hydrogens (primary N) is 2. The normalized spacial score (nSPS) is 20.0. The highest BCUT2D eigenvalue weighted by Crippen LogP contribution is 2.38. The van der Waals surface area contributed by atoms with Gasteiger partial charge in [-0.05, 0) is 161 Å². The minimum atomic E-state index is -1.87. The van der Waals surface area contributed by atoms with Gasteiger partial charge in [0.15, 0.2) is 11.6 Å². The molecule has 2 fully saturated rings. The van der Waals surface area contributed by atoms with Crippen LogP contribution in [0.1, 0.15) is 87.5 Å². The van der Waals surface area contributed by atoms with E-state index < -0.39 is 29.2 Å². The third kappa shape index (κ3) is 13.6. The number of carbonyl (C=O) groups excluding carboxylic acids is 4. The molecule has 0 radical (unpaired) electrons. The summed E-state index contributed by atoms with van der Waals surface area (Å²) in [7, 11) is 0. The monoisotopic (exact) mass is 886 g/mol. The number of hydrogen-bond acceptors (Lipinski definition) is 12. The molecule has 4 aromatic rings. The summed E-state index contributed by atoms with van der Waals surface area (Å²) in [4.78, 5) is 54.0. The van der Waals surface area contributed by atoms with Gasteiger partial charge in [-0.1, -0.05) is 60.7 Å². The zero-order chi connectivity index (χ0) is 46.3. The highest BCUT2D eigenvalue weighted by Gasteiger charge is 2.49. The van der Waals surface area contributed by atoms with Crippen molar-refractivity contribution in [2.24, 2.45) is 17.3 Å². The third-order valence-electron chi connectivity index (χ3n) is 12.6. The Bertz CT molecular complexity index is 2080. The first-order chi connectivity index (χ1) is 31.3. The molecule has 0 spiro atoms. The standard InChI is InChI=1S/C53H62N2O10/c1-3-62-43-27-15-39(16-28-43)51(60)64-45-23-9-35(10-24-45)13-31-47(56)49(58)53(33-37-5-19-41(54)20-6-37,34-38-7-21-42(55)22-8-38)50(59)48(57)32-14-36-11-25-46(26-12-36)65-52(61)40-17-29-44(30-18-40)63-4-2/h5-14,19-26,31-32,39-40,43-44,49-50,58-59H,3-4,15-18,27-30,33-34,54-55H2,1-2H3/b31-13+,32-14+. The first kappa shape index (κ1) is 48.5. The predicted octanol–water partition coefficient (Wildman–Crippen LogP) is 7.91. The Balaban J connectivity index is 1.19. The van der Waals surface area contributed by atoms with Crippen molar-refractivity contribution in [3.8, 4) is 11.5 Å². The number of benzene rings is 4. The lowest BCUT2D eigenvalue weighted by molar-refractivity contribution is -0.146. The lowest BCUT2D eigenvalue weighted by Gasteiger charge is -2.40. The van der Waals surface area contributed by atoms with E-state index in [0.717, 1.165) is 25.7 Å². The largest absolute Gasteiger partial charge is 0.426 e. The zero-order valence-electron chi connectivity index (χ0n) is 37.3. The molecule has 6 N–H and O–H groups in total. The average molecular weight is 887 g/mol. The molecule has 65 heavy (non-hydrogen) atoms. The highest BCUT2D eigenvalue weighted by atomic mass is 16.5. The van der Waals surface area contributed by atoms with Crippen molar-refractivity contribution in [3.05, 3.63) is 131 Å². The van der Waals surface area contributed by atoms with Gasteiger partial charge in [0.05, 0.1) is 24.0 Å². The first-order valence-electron chi connectivity index (χ1n) is 22.7. The fourth-order valence-corrected chi connectivity index (χ4v) is 8.83. The van der Waals surface area contributed by atoms with E-state index in [1.165, 1.54) is 24.3 Å². The number of aliphatic hydroxyl groups is 2. The Labute approximate surface area is 381 Å². The molecule has 4 aromatic carbocycles. The van der Waals surface area contributed by atoms with E-state index in [4.69, 9.17) is 30.4 Å². The van der Waals surface area contributed by atoms with Gasteiger partial charge in [-0.2, -0.15) is 0 Å². The third-order valence-corrected chi connectivity index (χ3v) is 12.6. The Morgan fingerprint density at radius 3 is 1.22 bits per heavy atom. The van der Waals surface area contributed by atoms with Crippen LogP contribution in [0.4, 0.5) is 11.4 Å². The topological polar surface area (TPSA) is 198 Å². The van der Waals surface area contributed by atoms with Crippen molar-refractivity contribution in [2.45, 2.75) is 102 Å². The molecule has 6 rings (SSSR count). The summed E-state index contributed by atoms with van der Waals surface area (Å²) in [5.41, 5.74) is 13.6. The van der Waals surface area contributed by atoms with Gasteiger partial charge in [0.1, 0.15) is 23.7 Å². The van der Waals surface area contributed by atoms with Crippen LogP contribution < -0.4 is 20.9 Å². The number of nitrogen functional groups attached to an aromatic ring is 2. The van der Waals surface area contributed by atoms with Gasteiger partial charge in [-0.25, -0.2) is 0 Å². The fourth-order valence-electron chi connectivity index (χ4n) is 8.83. The van der Waals surface area contributed by atoms with Crippen LogP contribution >= 0.6 is 0 Å². The molecule has 2 aliphatic carbocycles. The number of rotatable bonds is 20. The molecule has 344 valence electrons. The van der Waals surface area contributed by atoms with Crippen LogP contribution in [0.15, 0.2) is 109 Å². The highest BCUT2D eigenvalue weighted by molar-refractivity contribution is 6.01. The molecule has 0 heterocycles. The maximum atomic E-state index is 14.1. The van der Waals surface area contributed by atoms with E-state index in [-0.39, 0.29) is 48.8 Å². The summed E-state index contributed by atoms with van der Waals surface area (Å²) in [6.45, 7) is 5.23. The minimum absolute atomic E-state index is 0.0835. The first-order valence-corrected chi connectivity index (χ1v) is 22.7. The van der Waals surface area contributed by atoms with Crippen molar-refractivity contribution in [2.75, 3.05) is 24.7 Å². The Hall–Kier alpha value is -5.92. The van der Waals surface area contributed by atoms with Gasteiger partial charge in [-0.15, -0.1) is 0 Å².